The standard InChI is InChI=1S/C13H10BrNO2S2/c14-12-6-10(8-19-12)13(17)15-7-11-9(2-1-4-16)3-5-18-11/h3,5-6,8,16H,4,7H2,(H,15,17). The Balaban J connectivity index is 1.99. The van der Waals surface area contributed by atoms with Crippen molar-refractivity contribution in [3.8, 4) is 11.8 Å². The van der Waals surface area contributed by atoms with E-state index in [1.165, 1.54) is 22.7 Å². The third kappa shape index (κ3) is 3.91. The van der Waals surface area contributed by atoms with Crippen molar-refractivity contribution >= 4 is 44.5 Å². The molecule has 0 aromatic carbocycles. The molecular formula is C13H10BrNO2S2. The van der Waals surface area contributed by atoms with Gasteiger partial charge in [-0.1, -0.05) is 11.8 Å². The quantitative estimate of drug-likeness (QED) is 0.831. The molecule has 2 N–H and O–H groups in total. The predicted molar refractivity (Wildman–Crippen MR) is 81.5 cm³/mol. The van der Waals surface area contributed by atoms with Crippen LogP contribution in [0, 0.1) is 11.8 Å². The Bertz CT molecular complexity index is 636. The normalized spacial score (nSPS) is 9.79. The van der Waals surface area contributed by atoms with Gasteiger partial charge < -0.3 is 10.4 Å². The van der Waals surface area contributed by atoms with Crippen LogP contribution in [0.4, 0.5) is 0 Å². The molecule has 0 atom stereocenters. The van der Waals surface area contributed by atoms with Gasteiger partial charge in [0, 0.05) is 15.8 Å². The Morgan fingerprint density at radius 3 is 3.00 bits per heavy atom. The van der Waals surface area contributed by atoms with Gasteiger partial charge in [-0.15, -0.1) is 22.7 Å². The van der Waals surface area contributed by atoms with Crippen molar-refractivity contribution in [3.05, 3.63) is 42.7 Å². The molecule has 98 valence electrons. The molecule has 3 nitrogen and oxygen atoms in total. The number of aliphatic hydroxyl groups is 1. The molecule has 0 aliphatic heterocycles. The molecule has 0 spiro atoms. The highest BCUT2D eigenvalue weighted by molar-refractivity contribution is 9.11. The maximum atomic E-state index is 11.9. The van der Waals surface area contributed by atoms with Crippen LogP contribution in [0.5, 0.6) is 0 Å². The number of hydrogen-bond acceptors (Lipinski definition) is 4. The van der Waals surface area contributed by atoms with Gasteiger partial charge >= 0.3 is 0 Å². The number of rotatable bonds is 3. The summed E-state index contributed by atoms with van der Waals surface area (Å²) in [6.45, 7) is 0.282. The van der Waals surface area contributed by atoms with Gasteiger partial charge in [0.25, 0.3) is 5.91 Å². The molecule has 19 heavy (non-hydrogen) atoms. The third-order valence-corrected chi connectivity index (χ3v) is 4.71. The van der Waals surface area contributed by atoms with Crippen LogP contribution in [0.25, 0.3) is 0 Å². The summed E-state index contributed by atoms with van der Waals surface area (Å²) in [5, 5.41) is 15.3. The van der Waals surface area contributed by atoms with E-state index >= 15 is 0 Å². The van der Waals surface area contributed by atoms with Crippen LogP contribution < -0.4 is 5.32 Å². The molecule has 0 saturated heterocycles. The lowest BCUT2D eigenvalue weighted by Gasteiger charge is -2.02. The Morgan fingerprint density at radius 2 is 2.32 bits per heavy atom. The zero-order chi connectivity index (χ0) is 13.7. The third-order valence-electron chi connectivity index (χ3n) is 2.29. The first kappa shape index (κ1) is 14.3. The first-order valence-electron chi connectivity index (χ1n) is 5.39. The van der Waals surface area contributed by atoms with Crippen molar-refractivity contribution < 1.29 is 9.90 Å². The van der Waals surface area contributed by atoms with Crippen LogP contribution in [0.3, 0.4) is 0 Å². The summed E-state index contributed by atoms with van der Waals surface area (Å²) in [5.41, 5.74) is 1.50. The maximum Gasteiger partial charge on any atom is 0.252 e. The minimum atomic E-state index is -0.162. The molecule has 0 aliphatic carbocycles. The van der Waals surface area contributed by atoms with Crippen molar-refractivity contribution in [3.63, 3.8) is 0 Å². The van der Waals surface area contributed by atoms with Crippen molar-refractivity contribution in [2.75, 3.05) is 6.61 Å². The van der Waals surface area contributed by atoms with E-state index in [2.05, 4.69) is 33.1 Å². The maximum absolute atomic E-state index is 11.9. The molecule has 2 rings (SSSR count). The summed E-state index contributed by atoms with van der Waals surface area (Å²) in [5.74, 6) is 5.37. The Labute approximate surface area is 127 Å². The van der Waals surface area contributed by atoms with Crippen molar-refractivity contribution in [1.29, 1.82) is 0 Å². The van der Waals surface area contributed by atoms with E-state index in [1.54, 1.807) is 11.4 Å². The SMILES string of the molecule is O=C(NCc1sccc1C#CCO)c1csc(Br)c1. The molecule has 0 saturated carbocycles. The van der Waals surface area contributed by atoms with Crippen LogP contribution in [0.1, 0.15) is 20.8 Å². The van der Waals surface area contributed by atoms with Crippen molar-refractivity contribution in [2.45, 2.75) is 6.54 Å². The molecule has 0 aliphatic rings. The van der Waals surface area contributed by atoms with Crippen LogP contribution >= 0.6 is 38.6 Å². The number of aliphatic hydroxyl groups excluding tert-OH is 1. The Kier molecular flexibility index (Phi) is 5.16. The number of halogens is 1. The number of carbonyl (C=O) groups is 1. The predicted octanol–water partition coefficient (Wildman–Crippen LogP) is 2.85. The van der Waals surface area contributed by atoms with Gasteiger partial charge in [-0.3, -0.25) is 4.79 Å². The van der Waals surface area contributed by atoms with Gasteiger partial charge in [0.05, 0.1) is 15.9 Å². The monoisotopic (exact) mass is 355 g/mol. The zero-order valence-electron chi connectivity index (χ0n) is 9.77. The summed E-state index contributed by atoms with van der Waals surface area (Å²) in [6, 6.07) is 3.68. The molecule has 6 heteroatoms. The number of thiophene rings is 2. The summed E-state index contributed by atoms with van der Waals surface area (Å²) in [6.07, 6.45) is 0. The van der Waals surface area contributed by atoms with Crippen molar-refractivity contribution in [1.82, 2.24) is 5.32 Å². The highest BCUT2D eigenvalue weighted by Crippen LogP contribution is 2.21. The number of nitrogens with one attached hydrogen (secondary N) is 1. The van der Waals surface area contributed by atoms with Gasteiger partial charge in [0.1, 0.15) is 6.61 Å². The average molecular weight is 356 g/mol. The molecule has 2 heterocycles. The molecule has 2 aromatic heterocycles. The Morgan fingerprint density at radius 1 is 1.47 bits per heavy atom. The molecule has 0 radical (unpaired) electrons. The van der Waals surface area contributed by atoms with Gasteiger partial charge in [0.15, 0.2) is 0 Å². The topological polar surface area (TPSA) is 49.3 Å². The van der Waals surface area contributed by atoms with Gasteiger partial charge in [0.2, 0.25) is 0 Å². The number of amides is 1. The largest absolute Gasteiger partial charge is 0.384 e. The fraction of sp³-hybridized carbons (Fsp3) is 0.154. The van der Waals surface area contributed by atoms with E-state index in [0.29, 0.717) is 12.1 Å². The first-order valence-corrected chi connectivity index (χ1v) is 7.94. The number of hydrogen-bond donors (Lipinski definition) is 2. The fourth-order valence-corrected chi connectivity index (χ4v) is 3.32. The van der Waals surface area contributed by atoms with Crippen LogP contribution in [0.15, 0.2) is 26.7 Å². The van der Waals surface area contributed by atoms with Gasteiger partial charge in [-0.05, 0) is 33.4 Å². The summed E-state index contributed by atoms with van der Waals surface area (Å²) in [4.78, 5) is 12.9. The van der Waals surface area contributed by atoms with E-state index in [1.807, 2.05) is 11.4 Å². The lowest BCUT2D eigenvalue weighted by molar-refractivity contribution is 0.0951. The first-order chi connectivity index (χ1) is 9.20. The van der Waals surface area contributed by atoms with Crippen molar-refractivity contribution in [2.24, 2.45) is 0 Å². The minimum absolute atomic E-state index is 0.101. The second kappa shape index (κ2) is 6.87. The molecule has 0 fully saturated rings. The molecular weight excluding hydrogens is 346 g/mol. The van der Waals surface area contributed by atoms with E-state index in [9.17, 15) is 4.79 Å². The lowest BCUT2D eigenvalue weighted by Crippen LogP contribution is -2.22. The van der Waals surface area contributed by atoms with E-state index in [4.69, 9.17) is 5.11 Å². The number of carbonyl (C=O) groups excluding carboxylic acids is 1. The molecule has 1 amide bonds. The smallest absolute Gasteiger partial charge is 0.252 e. The Hall–Kier alpha value is -1.13. The van der Waals surface area contributed by atoms with E-state index in [0.717, 1.165) is 14.2 Å². The van der Waals surface area contributed by atoms with Crippen LogP contribution in [0.2, 0.25) is 0 Å². The van der Waals surface area contributed by atoms with Crippen LogP contribution in [-0.4, -0.2) is 17.6 Å². The molecule has 2 aromatic rings. The fourth-order valence-electron chi connectivity index (χ4n) is 1.42. The van der Waals surface area contributed by atoms with E-state index < -0.39 is 0 Å². The zero-order valence-corrected chi connectivity index (χ0v) is 13.0. The second-order valence-electron chi connectivity index (χ2n) is 3.54. The lowest BCUT2D eigenvalue weighted by atomic mass is 10.2. The molecule has 0 bridgehead atoms. The summed E-state index contributed by atoms with van der Waals surface area (Å²) >= 11 is 6.34. The van der Waals surface area contributed by atoms with Gasteiger partial charge in [-0.25, -0.2) is 0 Å². The minimum Gasteiger partial charge on any atom is -0.384 e. The molecule has 0 unspecified atom stereocenters. The highest BCUT2D eigenvalue weighted by atomic mass is 79.9. The highest BCUT2D eigenvalue weighted by Gasteiger charge is 2.09. The second-order valence-corrected chi connectivity index (χ2v) is 6.83. The summed E-state index contributed by atoms with van der Waals surface area (Å²) < 4.78 is 0.934. The average Bonchev–Trinajstić information content (AvgIpc) is 3.02. The van der Waals surface area contributed by atoms with Gasteiger partial charge in [-0.2, -0.15) is 0 Å². The van der Waals surface area contributed by atoms with E-state index in [-0.39, 0.29) is 12.5 Å². The summed E-state index contributed by atoms with van der Waals surface area (Å²) in [7, 11) is 0. The van der Waals surface area contributed by atoms with Crippen LogP contribution in [-0.2, 0) is 6.54 Å².